The summed E-state index contributed by atoms with van der Waals surface area (Å²) in [5, 5.41) is 4.29. The van der Waals surface area contributed by atoms with Crippen LogP contribution in [0.1, 0.15) is 0 Å². The predicted molar refractivity (Wildman–Crippen MR) is 103 cm³/mol. The molecule has 0 unspecified atom stereocenters. The molecule has 26 heavy (non-hydrogen) atoms. The summed E-state index contributed by atoms with van der Waals surface area (Å²) in [6, 6.07) is 16.7. The highest BCUT2D eigenvalue weighted by atomic mass is 16.5. The molecule has 0 aliphatic heterocycles. The number of methoxy groups -OCH3 is 1. The smallest absolute Gasteiger partial charge is 0.227 e. The van der Waals surface area contributed by atoms with E-state index in [1.807, 2.05) is 25.2 Å². The van der Waals surface area contributed by atoms with Gasteiger partial charge in [0.25, 0.3) is 0 Å². The van der Waals surface area contributed by atoms with Gasteiger partial charge in [0.2, 0.25) is 5.95 Å². The van der Waals surface area contributed by atoms with Gasteiger partial charge < -0.3 is 20.4 Å². The van der Waals surface area contributed by atoms with Crippen LogP contribution in [0.5, 0.6) is 5.75 Å². The molecule has 4 rings (SSSR count). The number of hydrogen-bond donors (Lipinski definition) is 2. The fourth-order valence-electron chi connectivity index (χ4n) is 2.99. The third-order valence-electron chi connectivity index (χ3n) is 4.22. The molecule has 3 N–H and O–H groups in total. The topological polar surface area (TPSA) is 78.0 Å². The van der Waals surface area contributed by atoms with E-state index in [0.717, 1.165) is 22.2 Å². The Labute approximate surface area is 151 Å². The van der Waals surface area contributed by atoms with Gasteiger partial charge in [-0.05, 0) is 24.3 Å². The number of ether oxygens (including phenoxy) is 1. The first kappa shape index (κ1) is 16.0. The van der Waals surface area contributed by atoms with E-state index in [1.165, 1.54) is 0 Å². The van der Waals surface area contributed by atoms with Crippen LogP contribution in [0.15, 0.2) is 54.9 Å². The number of nitrogens with zero attached hydrogens (tertiary/aromatic N) is 3. The van der Waals surface area contributed by atoms with Gasteiger partial charge in [-0.15, -0.1) is 0 Å². The Morgan fingerprint density at radius 2 is 2.00 bits per heavy atom. The van der Waals surface area contributed by atoms with Crippen molar-refractivity contribution in [2.75, 3.05) is 18.2 Å². The zero-order valence-electron chi connectivity index (χ0n) is 14.5. The number of para-hydroxylation sites is 1. The lowest BCUT2D eigenvalue weighted by Gasteiger charge is -2.10. The number of nitrogens with two attached hydrogens (primary N) is 1. The molecule has 0 bridgehead atoms. The second kappa shape index (κ2) is 6.40. The van der Waals surface area contributed by atoms with Crippen molar-refractivity contribution in [1.82, 2.24) is 14.5 Å². The van der Waals surface area contributed by atoms with Gasteiger partial charge in [-0.3, -0.25) is 0 Å². The van der Waals surface area contributed by atoms with E-state index in [-0.39, 0.29) is 0 Å². The van der Waals surface area contributed by atoms with Gasteiger partial charge in [0.05, 0.1) is 18.5 Å². The van der Waals surface area contributed by atoms with E-state index in [1.54, 1.807) is 25.4 Å². The van der Waals surface area contributed by atoms with E-state index in [0.29, 0.717) is 23.1 Å². The molecular weight excluding hydrogens is 326 g/mol. The largest absolute Gasteiger partial charge is 0.495 e. The van der Waals surface area contributed by atoms with Crippen molar-refractivity contribution in [3.63, 3.8) is 0 Å². The minimum absolute atomic E-state index is 0.454. The van der Waals surface area contributed by atoms with Crippen LogP contribution in [-0.2, 0) is 7.05 Å². The lowest BCUT2D eigenvalue weighted by molar-refractivity contribution is 0.417. The number of anilines is 3. The first-order valence-electron chi connectivity index (χ1n) is 8.16. The van der Waals surface area contributed by atoms with Crippen LogP contribution in [0.25, 0.3) is 22.2 Å². The van der Waals surface area contributed by atoms with Crippen LogP contribution in [0.2, 0.25) is 0 Å². The van der Waals surface area contributed by atoms with Gasteiger partial charge in [-0.25, -0.2) is 9.97 Å². The lowest BCUT2D eigenvalue weighted by Crippen LogP contribution is -2.01. The fourth-order valence-corrected chi connectivity index (χ4v) is 2.99. The van der Waals surface area contributed by atoms with E-state index in [9.17, 15) is 0 Å². The standard InChI is InChI=1S/C20H18N5O/c1-25-12-15(14-5-3-4-6-18(14)25)16-9-10-22-20(23-16)24-17-11-13(21)7-8-19(17)26-2/h3-10,12H,21H2,1-2H3,(H,22,23,24). The summed E-state index contributed by atoms with van der Waals surface area (Å²) >= 11 is 0. The Kier molecular flexibility index (Phi) is 3.93. The van der Waals surface area contributed by atoms with Crippen molar-refractivity contribution in [1.29, 1.82) is 0 Å². The Morgan fingerprint density at radius 1 is 1.15 bits per heavy atom. The van der Waals surface area contributed by atoms with Crippen molar-refractivity contribution >= 4 is 28.2 Å². The predicted octanol–water partition coefficient (Wildman–Crippen LogP) is 3.77. The summed E-state index contributed by atoms with van der Waals surface area (Å²) in [4.78, 5) is 8.96. The molecule has 129 valence electrons. The van der Waals surface area contributed by atoms with E-state index >= 15 is 0 Å². The number of nitrogens with one attached hydrogen (secondary N) is 1. The van der Waals surface area contributed by atoms with Crippen LogP contribution in [0.3, 0.4) is 0 Å². The van der Waals surface area contributed by atoms with E-state index in [4.69, 9.17) is 10.5 Å². The highest BCUT2D eigenvalue weighted by Gasteiger charge is 2.11. The number of hydrogen-bond acceptors (Lipinski definition) is 5. The summed E-state index contributed by atoms with van der Waals surface area (Å²) in [6.07, 6.45) is 3.80. The molecule has 2 heterocycles. The Bertz CT molecular complexity index is 1090. The van der Waals surface area contributed by atoms with Gasteiger partial charge in [0.1, 0.15) is 5.75 Å². The number of fused-ring (bicyclic) bond motifs is 1. The van der Waals surface area contributed by atoms with Gasteiger partial charge in [-0.1, -0.05) is 18.2 Å². The lowest BCUT2D eigenvalue weighted by atomic mass is 10.1. The van der Waals surface area contributed by atoms with Gasteiger partial charge in [-0.2, -0.15) is 0 Å². The molecule has 0 aliphatic rings. The number of nitrogen functional groups attached to an aromatic ring is 1. The highest BCUT2D eigenvalue weighted by Crippen LogP contribution is 2.31. The molecule has 0 amide bonds. The molecule has 4 aromatic rings. The normalized spacial score (nSPS) is 10.8. The highest BCUT2D eigenvalue weighted by molar-refractivity contribution is 5.95. The molecule has 0 spiro atoms. The number of benzene rings is 2. The minimum Gasteiger partial charge on any atom is -0.495 e. The number of aryl methyl sites for hydroxylation is 1. The number of rotatable bonds is 4. The minimum atomic E-state index is 0.454. The summed E-state index contributed by atoms with van der Waals surface area (Å²) in [6.45, 7) is 0. The first-order valence-corrected chi connectivity index (χ1v) is 8.16. The van der Waals surface area contributed by atoms with Crippen molar-refractivity contribution in [3.05, 3.63) is 60.9 Å². The number of aromatic nitrogens is 3. The van der Waals surface area contributed by atoms with Crippen LogP contribution in [0.4, 0.5) is 17.3 Å². The van der Waals surface area contributed by atoms with Crippen LogP contribution in [-0.4, -0.2) is 21.6 Å². The third kappa shape index (κ3) is 2.82. The monoisotopic (exact) mass is 344 g/mol. The molecule has 0 saturated heterocycles. The van der Waals surface area contributed by atoms with Crippen molar-refractivity contribution in [2.45, 2.75) is 0 Å². The summed E-state index contributed by atoms with van der Waals surface area (Å²) < 4.78 is 7.43. The van der Waals surface area contributed by atoms with Crippen molar-refractivity contribution in [2.24, 2.45) is 7.05 Å². The zero-order chi connectivity index (χ0) is 18.1. The third-order valence-corrected chi connectivity index (χ3v) is 4.22. The molecule has 1 radical (unpaired) electrons. The van der Waals surface area contributed by atoms with Crippen molar-refractivity contribution < 1.29 is 4.74 Å². The molecule has 0 fully saturated rings. The van der Waals surface area contributed by atoms with Crippen LogP contribution >= 0.6 is 0 Å². The summed E-state index contributed by atoms with van der Waals surface area (Å²) in [5.74, 6) is 1.08. The van der Waals surface area contributed by atoms with E-state index < -0.39 is 0 Å². The maximum atomic E-state index is 5.83. The molecule has 2 aromatic heterocycles. The maximum Gasteiger partial charge on any atom is 0.227 e. The van der Waals surface area contributed by atoms with Crippen molar-refractivity contribution in [3.8, 4) is 17.0 Å². The molecule has 6 heteroatoms. The average Bonchev–Trinajstić information content (AvgIpc) is 2.99. The van der Waals surface area contributed by atoms with E-state index in [2.05, 4.69) is 44.2 Å². The molecule has 2 aromatic carbocycles. The quantitative estimate of drug-likeness (QED) is 0.551. The van der Waals surface area contributed by atoms with Crippen LogP contribution in [0, 0.1) is 6.07 Å². The van der Waals surface area contributed by atoms with Gasteiger partial charge in [0.15, 0.2) is 0 Å². The fraction of sp³-hybridized carbons (Fsp3) is 0.100. The zero-order valence-corrected chi connectivity index (χ0v) is 14.5. The second-order valence-corrected chi connectivity index (χ2v) is 5.92. The van der Waals surface area contributed by atoms with Gasteiger partial charge in [0, 0.05) is 47.7 Å². The molecule has 0 atom stereocenters. The Balaban J connectivity index is 1.75. The maximum absolute atomic E-state index is 5.83. The van der Waals surface area contributed by atoms with Crippen LogP contribution < -0.4 is 15.8 Å². The molecule has 0 aliphatic carbocycles. The molecule has 0 saturated carbocycles. The summed E-state index contributed by atoms with van der Waals surface area (Å²) in [7, 11) is 3.62. The average molecular weight is 344 g/mol. The van der Waals surface area contributed by atoms with Gasteiger partial charge >= 0.3 is 0 Å². The Morgan fingerprint density at radius 3 is 2.85 bits per heavy atom. The first-order chi connectivity index (χ1) is 12.7. The SMILES string of the molecule is COc1ccc(N)[c]c1Nc1nccc(-c2cn(C)c3ccccc23)n1. The molecule has 6 nitrogen and oxygen atoms in total. The second-order valence-electron chi connectivity index (χ2n) is 5.92. The Hall–Kier alpha value is -3.54. The molecular formula is C20H18N5O. The summed E-state index contributed by atoms with van der Waals surface area (Å²) in [5.41, 5.74) is 9.98.